The molecule has 1 aliphatic rings. The zero-order chi connectivity index (χ0) is 13.9. The molecule has 5 heteroatoms. The summed E-state index contributed by atoms with van der Waals surface area (Å²) in [6.07, 6.45) is 4.87. The molecule has 0 radical (unpaired) electrons. The number of nitrogens with zero attached hydrogens (tertiary/aromatic N) is 2. The molecule has 1 aliphatic heterocycles. The molecule has 0 aliphatic carbocycles. The summed E-state index contributed by atoms with van der Waals surface area (Å²) in [6, 6.07) is 5.58. The van der Waals surface area contributed by atoms with Crippen LogP contribution in [0.5, 0.6) is 11.5 Å². The summed E-state index contributed by atoms with van der Waals surface area (Å²) in [5.41, 5.74) is 8.29. The Bertz CT molecular complexity index is 595. The first-order chi connectivity index (χ1) is 9.79. The van der Waals surface area contributed by atoms with Gasteiger partial charge in [-0.2, -0.15) is 5.10 Å². The number of para-hydroxylation sites is 1. The molecule has 0 saturated heterocycles. The first-order valence-electron chi connectivity index (χ1n) is 6.96. The molecule has 2 heterocycles. The average Bonchev–Trinajstić information content (AvgIpc) is 2.95. The largest absolute Gasteiger partial charge is 0.486 e. The molecule has 1 atom stereocenters. The van der Waals surface area contributed by atoms with Crippen LogP contribution in [0.2, 0.25) is 0 Å². The fourth-order valence-corrected chi connectivity index (χ4v) is 2.41. The molecular formula is C15H19N3O2. The highest BCUT2D eigenvalue weighted by molar-refractivity contribution is 5.50. The SMILES string of the molecule is CCCn1cc(C(N)c2cccc3c2OCCO3)cn1. The molecule has 0 fully saturated rings. The van der Waals surface area contributed by atoms with E-state index in [9.17, 15) is 0 Å². The van der Waals surface area contributed by atoms with E-state index >= 15 is 0 Å². The number of aromatic nitrogens is 2. The van der Waals surface area contributed by atoms with Gasteiger partial charge in [-0.05, 0) is 12.5 Å². The van der Waals surface area contributed by atoms with Crippen molar-refractivity contribution in [1.29, 1.82) is 0 Å². The third kappa shape index (κ3) is 2.36. The van der Waals surface area contributed by atoms with Gasteiger partial charge in [0.1, 0.15) is 13.2 Å². The Kier molecular flexibility index (Phi) is 3.60. The van der Waals surface area contributed by atoms with Gasteiger partial charge in [-0.1, -0.05) is 19.1 Å². The van der Waals surface area contributed by atoms with E-state index in [4.69, 9.17) is 15.2 Å². The lowest BCUT2D eigenvalue weighted by Gasteiger charge is -2.23. The summed E-state index contributed by atoms with van der Waals surface area (Å²) in [5, 5.41) is 4.33. The molecule has 0 saturated carbocycles. The molecule has 2 N–H and O–H groups in total. The Labute approximate surface area is 118 Å². The van der Waals surface area contributed by atoms with Gasteiger partial charge < -0.3 is 15.2 Å². The molecule has 2 aromatic rings. The lowest BCUT2D eigenvalue weighted by Crippen LogP contribution is -2.19. The number of fused-ring (bicyclic) bond motifs is 1. The van der Waals surface area contributed by atoms with Crippen LogP contribution >= 0.6 is 0 Å². The maximum Gasteiger partial charge on any atom is 0.166 e. The Morgan fingerprint density at radius 3 is 3.05 bits per heavy atom. The molecule has 106 valence electrons. The number of nitrogens with two attached hydrogens (primary N) is 1. The maximum absolute atomic E-state index is 6.36. The zero-order valence-electron chi connectivity index (χ0n) is 11.6. The van der Waals surface area contributed by atoms with E-state index in [1.165, 1.54) is 0 Å². The van der Waals surface area contributed by atoms with Crippen LogP contribution in [-0.4, -0.2) is 23.0 Å². The first kappa shape index (κ1) is 13.0. The second-order valence-electron chi connectivity index (χ2n) is 4.89. The minimum absolute atomic E-state index is 0.253. The summed E-state index contributed by atoms with van der Waals surface area (Å²) in [7, 11) is 0. The smallest absolute Gasteiger partial charge is 0.166 e. The van der Waals surface area contributed by atoms with E-state index in [2.05, 4.69) is 12.0 Å². The normalized spacial score (nSPS) is 15.1. The van der Waals surface area contributed by atoms with Crippen LogP contribution in [0.3, 0.4) is 0 Å². The van der Waals surface area contributed by atoms with Crippen molar-refractivity contribution >= 4 is 0 Å². The third-order valence-corrected chi connectivity index (χ3v) is 3.40. The highest BCUT2D eigenvalue weighted by Gasteiger charge is 2.21. The van der Waals surface area contributed by atoms with E-state index in [1.807, 2.05) is 35.3 Å². The molecule has 1 aromatic heterocycles. The fraction of sp³-hybridized carbons (Fsp3) is 0.400. The van der Waals surface area contributed by atoms with Crippen molar-refractivity contribution in [2.75, 3.05) is 13.2 Å². The Morgan fingerprint density at radius 1 is 1.35 bits per heavy atom. The number of benzene rings is 1. The molecule has 0 amide bonds. The van der Waals surface area contributed by atoms with Crippen molar-refractivity contribution in [3.8, 4) is 11.5 Å². The summed E-state index contributed by atoms with van der Waals surface area (Å²) < 4.78 is 13.2. The van der Waals surface area contributed by atoms with Crippen molar-refractivity contribution in [1.82, 2.24) is 9.78 Å². The van der Waals surface area contributed by atoms with Gasteiger partial charge >= 0.3 is 0 Å². The number of aryl methyl sites for hydroxylation is 1. The average molecular weight is 273 g/mol. The van der Waals surface area contributed by atoms with Crippen molar-refractivity contribution in [3.63, 3.8) is 0 Å². The lowest BCUT2D eigenvalue weighted by atomic mass is 10.0. The predicted molar refractivity (Wildman–Crippen MR) is 76.0 cm³/mol. The first-order valence-corrected chi connectivity index (χ1v) is 6.96. The summed E-state index contributed by atoms with van der Waals surface area (Å²) in [6.45, 7) is 4.17. The van der Waals surface area contributed by atoms with Crippen LogP contribution in [0.15, 0.2) is 30.6 Å². The van der Waals surface area contributed by atoms with Crippen LogP contribution in [0.1, 0.15) is 30.5 Å². The van der Waals surface area contributed by atoms with Gasteiger partial charge in [0.2, 0.25) is 0 Å². The van der Waals surface area contributed by atoms with Crippen LogP contribution in [-0.2, 0) is 6.54 Å². The number of hydrogen-bond acceptors (Lipinski definition) is 4. The van der Waals surface area contributed by atoms with E-state index < -0.39 is 0 Å². The lowest BCUT2D eigenvalue weighted by molar-refractivity contribution is 0.169. The quantitative estimate of drug-likeness (QED) is 0.926. The van der Waals surface area contributed by atoms with Gasteiger partial charge in [0, 0.05) is 23.9 Å². The van der Waals surface area contributed by atoms with Crippen LogP contribution in [0.25, 0.3) is 0 Å². The zero-order valence-corrected chi connectivity index (χ0v) is 11.6. The van der Waals surface area contributed by atoms with Crippen LogP contribution < -0.4 is 15.2 Å². The van der Waals surface area contributed by atoms with Crippen LogP contribution in [0, 0.1) is 0 Å². The molecule has 3 rings (SSSR count). The summed E-state index contributed by atoms with van der Waals surface area (Å²) in [4.78, 5) is 0. The van der Waals surface area contributed by atoms with Gasteiger partial charge in [0.05, 0.1) is 12.2 Å². The predicted octanol–water partition coefficient (Wildman–Crippen LogP) is 2.11. The Hall–Kier alpha value is -2.01. The molecule has 0 bridgehead atoms. The summed E-state index contributed by atoms with van der Waals surface area (Å²) in [5.74, 6) is 1.53. The van der Waals surface area contributed by atoms with Gasteiger partial charge in [-0.3, -0.25) is 4.68 Å². The van der Waals surface area contributed by atoms with Gasteiger partial charge in [0.15, 0.2) is 11.5 Å². The van der Waals surface area contributed by atoms with E-state index in [0.29, 0.717) is 13.2 Å². The number of hydrogen-bond donors (Lipinski definition) is 1. The van der Waals surface area contributed by atoms with Crippen molar-refractivity contribution < 1.29 is 9.47 Å². The van der Waals surface area contributed by atoms with E-state index in [1.54, 1.807) is 0 Å². The molecule has 1 unspecified atom stereocenters. The van der Waals surface area contributed by atoms with E-state index in [0.717, 1.165) is 35.6 Å². The molecule has 20 heavy (non-hydrogen) atoms. The molecule has 5 nitrogen and oxygen atoms in total. The number of ether oxygens (including phenoxy) is 2. The minimum Gasteiger partial charge on any atom is -0.486 e. The Morgan fingerprint density at radius 2 is 2.20 bits per heavy atom. The van der Waals surface area contributed by atoms with Crippen molar-refractivity contribution in [2.45, 2.75) is 25.9 Å². The summed E-state index contributed by atoms with van der Waals surface area (Å²) >= 11 is 0. The highest BCUT2D eigenvalue weighted by Crippen LogP contribution is 2.37. The molecule has 0 spiro atoms. The number of rotatable bonds is 4. The monoisotopic (exact) mass is 273 g/mol. The topological polar surface area (TPSA) is 62.3 Å². The second-order valence-corrected chi connectivity index (χ2v) is 4.89. The van der Waals surface area contributed by atoms with Crippen molar-refractivity contribution in [2.24, 2.45) is 5.73 Å². The van der Waals surface area contributed by atoms with Crippen molar-refractivity contribution in [3.05, 3.63) is 41.7 Å². The standard InChI is InChI=1S/C15H19N3O2/c1-2-6-18-10-11(9-17-18)14(16)12-4-3-5-13-15(12)20-8-7-19-13/h3-5,9-10,14H,2,6-8,16H2,1H3. The molecular weight excluding hydrogens is 254 g/mol. The van der Waals surface area contributed by atoms with Gasteiger partial charge in [-0.25, -0.2) is 0 Å². The molecule has 1 aromatic carbocycles. The second kappa shape index (κ2) is 5.54. The Balaban J connectivity index is 1.91. The highest BCUT2D eigenvalue weighted by atomic mass is 16.6. The third-order valence-electron chi connectivity index (χ3n) is 3.40. The maximum atomic E-state index is 6.36. The van der Waals surface area contributed by atoms with Gasteiger partial charge in [-0.15, -0.1) is 0 Å². The fourth-order valence-electron chi connectivity index (χ4n) is 2.41. The van der Waals surface area contributed by atoms with Crippen LogP contribution in [0.4, 0.5) is 0 Å². The van der Waals surface area contributed by atoms with Gasteiger partial charge in [0.25, 0.3) is 0 Å². The minimum atomic E-state index is -0.253. The van der Waals surface area contributed by atoms with E-state index in [-0.39, 0.29) is 6.04 Å².